The summed E-state index contributed by atoms with van der Waals surface area (Å²) in [6.45, 7) is 7.56. The Morgan fingerprint density at radius 3 is 2.86 bits per heavy atom. The number of aromatic nitrogens is 1. The van der Waals surface area contributed by atoms with E-state index in [2.05, 4.69) is 10.3 Å². The molecule has 0 radical (unpaired) electrons. The fraction of sp³-hybridized carbons (Fsp3) is 0.545. The summed E-state index contributed by atoms with van der Waals surface area (Å²) in [5.74, 6) is 0.914. The molecule has 3 heteroatoms. The van der Waals surface area contributed by atoms with Crippen molar-refractivity contribution < 1.29 is 4.74 Å². The monoisotopic (exact) mass is 194 g/mol. The maximum atomic E-state index is 5.40. The number of nitrogens with zero attached hydrogens (tertiary/aromatic N) is 1. The van der Waals surface area contributed by atoms with E-state index in [1.165, 1.54) is 0 Å². The Balaban J connectivity index is 2.25. The van der Waals surface area contributed by atoms with E-state index in [0.29, 0.717) is 12.7 Å². The van der Waals surface area contributed by atoms with Gasteiger partial charge < -0.3 is 10.1 Å². The molecule has 1 N–H and O–H groups in total. The summed E-state index contributed by atoms with van der Waals surface area (Å²) in [5, 5.41) is 3.20. The highest BCUT2D eigenvalue weighted by molar-refractivity contribution is 5.34. The third-order valence-electron chi connectivity index (χ3n) is 1.75. The zero-order chi connectivity index (χ0) is 10.4. The molecule has 0 aliphatic heterocycles. The maximum Gasteiger partial charge on any atom is 0.126 e. The van der Waals surface area contributed by atoms with Gasteiger partial charge >= 0.3 is 0 Å². The van der Waals surface area contributed by atoms with Gasteiger partial charge in [-0.25, -0.2) is 4.98 Å². The molecule has 1 rings (SSSR count). The third kappa shape index (κ3) is 4.23. The summed E-state index contributed by atoms with van der Waals surface area (Å²) in [6.07, 6.45) is 0.294. The molecule has 3 nitrogen and oxygen atoms in total. The largest absolute Gasteiger partial charge is 0.377 e. The lowest BCUT2D eigenvalue weighted by Crippen LogP contribution is -2.13. The van der Waals surface area contributed by atoms with Gasteiger partial charge in [-0.2, -0.15) is 0 Å². The van der Waals surface area contributed by atoms with Gasteiger partial charge in [0.1, 0.15) is 5.82 Å². The molecule has 0 bridgehead atoms. The molecule has 78 valence electrons. The first-order valence-electron chi connectivity index (χ1n) is 4.97. The quantitative estimate of drug-likeness (QED) is 0.730. The second kappa shape index (κ2) is 5.60. The first-order valence-corrected chi connectivity index (χ1v) is 4.97. The lowest BCUT2D eigenvalue weighted by atomic mass is 10.4. The number of rotatable bonds is 5. The van der Waals surface area contributed by atoms with Crippen molar-refractivity contribution in [2.75, 3.05) is 18.5 Å². The van der Waals surface area contributed by atoms with E-state index in [1.807, 2.05) is 39.0 Å². The van der Waals surface area contributed by atoms with Crippen molar-refractivity contribution in [2.45, 2.75) is 26.9 Å². The molecule has 0 unspecified atom stereocenters. The Labute approximate surface area is 85.5 Å². The highest BCUT2D eigenvalue weighted by Crippen LogP contribution is 2.02. The van der Waals surface area contributed by atoms with Gasteiger partial charge in [0.25, 0.3) is 0 Å². The van der Waals surface area contributed by atoms with Gasteiger partial charge in [-0.15, -0.1) is 0 Å². The average molecular weight is 194 g/mol. The van der Waals surface area contributed by atoms with E-state index < -0.39 is 0 Å². The minimum atomic E-state index is 0.294. The van der Waals surface area contributed by atoms with Gasteiger partial charge in [0, 0.05) is 12.2 Å². The van der Waals surface area contributed by atoms with Crippen molar-refractivity contribution in [3.8, 4) is 0 Å². The molecule has 0 aliphatic carbocycles. The number of anilines is 1. The molecule has 1 aromatic heterocycles. The maximum absolute atomic E-state index is 5.40. The van der Waals surface area contributed by atoms with E-state index in [-0.39, 0.29) is 0 Å². The van der Waals surface area contributed by atoms with Crippen LogP contribution in [0.1, 0.15) is 19.5 Å². The molecule has 0 saturated heterocycles. The number of hydrogen-bond acceptors (Lipinski definition) is 3. The lowest BCUT2D eigenvalue weighted by Gasteiger charge is -2.09. The van der Waals surface area contributed by atoms with Crippen LogP contribution in [0.3, 0.4) is 0 Å². The Morgan fingerprint density at radius 2 is 2.21 bits per heavy atom. The number of ether oxygens (including phenoxy) is 1. The van der Waals surface area contributed by atoms with Crippen molar-refractivity contribution >= 4 is 5.82 Å². The van der Waals surface area contributed by atoms with Crippen LogP contribution in [0.25, 0.3) is 0 Å². The van der Waals surface area contributed by atoms with Crippen LogP contribution in [-0.4, -0.2) is 24.2 Å². The normalized spacial score (nSPS) is 10.6. The van der Waals surface area contributed by atoms with Crippen LogP contribution in [-0.2, 0) is 4.74 Å². The summed E-state index contributed by atoms with van der Waals surface area (Å²) in [6, 6.07) is 5.94. The summed E-state index contributed by atoms with van der Waals surface area (Å²) >= 11 is 0. The molecule has 1 aromatic rings. The van der Waals surface area contributed by atoms with Gasteiger partial charge in [0.05, 0.1) is 12.7 Å². The van der Waals surface area contributed by atoms with Gasteiger partial charge in [-0.05, 0) is 32.9 Å². The van der Waals surface area contributed by atoms with Crippen LogP contribution >= 0.6 is 0 Å². The molecule has 0 saturated carbocycles. The summed E-state index contributed by atoms with van der Waals surface area (Å²) in [5.41, 5.74) is 1.03. The standard InChI is InChI=1S/C11H18N2O/c1-9(2)14-8-7-12-11-6-4-5-10(3)13-11/h4-6,9H,7-8H2,1-3H3,(H,12,13). The topological polar surface area (TPSA) is 34.1 Å². The first-order chi connectivity index (χ1) is 6.68. The van der Waals surface area contributed by atoms with Crippen LogP contribution in [0.2, 0.25) is 0 Å². The second-order valence-electron chi connectivity index (χ2n) is 3.51. The first kappa shape index (κ1) is 11.0. The molecule has 0 aromatic carbocycles. The zero-order valence-electron chi connectivity index (χ0n) is 9.08. The number of hydrogen-bond donors (Lipinski definition) is 1. The van der Waals surface area contributed by atoms with Crippen LogP contribution in [0.15, 0.2) is 18.2 Å². The van der Waals surface area contributed by atoms with Crippen LogP contribution in [0.4, 0.5) is 5.82 Å². The van der Waals surface area contributed by atoms with E-state index in [0.717, 1.165) is 18.1 Å². The molecule has 0 aliphatic rings. The smallest absolute Gasteiger partial charge is 0.126 e. The minimum absolute atomic E-state index is 0.294. The Morgan fingerprint density at radius 1 is 1.43 bits per heavy atom. The molecule has 0 atom stereocenters. The van der Waals surface area contributed by atoms with E-state index in [9.17, 15) is 0 Å². The van der Waals surface area contributed by atoms with Crippen molar-refractivity contribution in [3.63, 3.8) is 0 Å². The Bertz CT molecular complexity index is 274. The number of aryl methyl sites for hydroxylation is 1. The SMILES string of the molecule is Cc1cccc(NCCOC(C)C)n1. The summed E-state index contributed by atoms with van der Waals surface area (Å²) < 4.78 is 5.40. The Hall–Kier alpha value is -1.09. The summed E-state index contributed by atoms with van der Waals surface area (Å²) in [4.78, 5) is 4.32. The van der Waals surface area contributed by atoms with Crippen LogP contribution in [0.5, 0.6) is 0 Å². The van der Waals surface area contributed by atoms with Crippen molar-refractivity contribution in [3.05, 3.63) is 23.9 Å². The molecule has 14 heavy (non-hydrogen) atoms. The lowest BCUT2D eigenvalue weighted by molar-refractivity contribution is 0.0870. The van der Waals surface area contributed by atoms with E-state index in [4.69, 9.17) is 4.74 Å². The predicted molar refractivity (Wildman–Crippen MR) is 58.6 cm³/mol. The molecular formula is C11H18N2O. The van der Waals surface area contributed by atoms with Gasteiger partial charge in [-0.1, -0.05) is 6.07 Å². The Kier molecular flexibility index (Phi) is 4.40. The van der Waals surface area contributed by atoms with Crippen molar-refractivity contribution in [1.82, 2.24) is 4.98 Å². The molecule has 0 fully saturated rings. The van der Waals surface area contributed by atoms with Crippen molar-refractivity contribution in [1.29, 1.82) is 0 Å². The van der Waals surface area contributed by atoms with E-state index in [1.54, 1.807) is 0 Å². The highest BCUT2D eigenvalue weighted by atomic mass is 16.5. The van der Waals surface area contributed by atoms with E-state index >= 15 is 0 Å². The average Bonchev–Trinajstić information content (AvgIpc) is 2.12. The number of pyridine rings is 1. The minimum Gasteiger partial charge on any atom is -0.377 e. The molecule has 0 amide bonds. The third-order valence-corrected chi connectivity index (χ3v) is 1.75. The highest BCUT2D eigenvalue weighted by Gasteiger charge is 1.94. The van der Waals surface area contributed by atoms with Crippen LogP contribution < -0.4 is 5.32 Å². The van der Waals surface area contributed by atoms with Gasteiger partial charge in [0.15, 0.2) is 0 Å². The molecule has 1 heterocycles. The van der Waals surface area contributed by atoms with Gasteiger partial charge in [0.2, 0.25) is 0 Å². The number of nitrogens with one attached hydrogen (secondary N) is 1. The van der Waals surface area contributed by atoms with Crippen molar-refractivity contribution in [2.24, 2.45) is 0 Å². The van der Waals surface area contributed by atoms with Gasteiger partial charge in [-0.3, -0.25) is 0 Å². The second-order valence-corrected chi connectivity index (χ2v) is 3.51. The molecular weight excluding hydrogens is 176 g/mol. The fourth-order valence-corrected chi connectivity index (χ4v) is 1.12. The molecule has 0 spiro atoms. The zero-order valence-corrected chi connectivity index (χ0v) is 9.08. The predicted octanol–water partition coefficient (Wildman–Crippen LogP) is 2.23. The fourth-order valence-electron chi connectivity index (χ4n) is 1.12. The summed E-state index contributed by atoms with van der Waals surface area (Å²) in [7, 11) is 0. The van der Waals surface area contributed by atoms with Crippen LogP contribution in [0, 0.1) is 6.92 Å².